The van der Waals surface area contributed by atoms with Gasteiger partial charge in [0.15, 0.2) is 6.10 Å². The molecular weight excluding hydrogens is 390 g/mol. The van der Waals surface area contributed by atoms with E-state index in [0.717, 1.165) is 24.2 Å². The van der Waals surface area contributed by atoms with Gasteiger partial charge in [-0.15, -0.1) is 0 Å². The van der Waals surface area contributed by atoms with Crippen LogP contribution >= 0.6 is 12.6 Å². The average molecular weight is 427 g/mol. The number of carbonyl (C=O) groups is 1. The van der Waals surface area contributed by atoms with Crippen molar-refractivity contribution in [3.63, 3.8) is 0 Å². The highest BCUT2D eigenvalue weighted by atomic mass is 32.1. The maximum absolute atomic E-state index is 12.9. The molecule has 163 valence electrons. The zero-order valence-corrected chi connectivity index (χ0v) is 20.3. The van der Waals surface area contributed by atoms with Gasteiger partial charge < -0.3 is 10.1 Å². The van der Waals surface area contributed by atoms with Crippen LogP contribution in [0.5, 0.6) is 5.75 Å². The predicted octanol–water partition coefficient (Wildman–Crippen LogP) is 7.41. The van der Waals surface area contributed by atoms with Gasteiger partial charge in [0, 0.05) is 5.56 Å². The highest BCUT2D eigenvalue weighted by Crippen LogP contribution is 2.39. The van der Waals surface area contributed by atoms with Crippen molar-refractivity contribution < 1.29 is 9.53 Å². The number of ether oxygens (including phenoxy) is 1. The molecule has 30 heavy (non-hydrogen) atoms. The minimum Gasteiger partial charge on any atom is -0.480 e. The molecule has 2 aromatic rings. The first-order valence-electron chi connectivity index (χ1n) is 10.9. The summed E-state index contributed by atoms with van der Waals surface area (Å²) in [5.41, 5.74) is 3.13. The second-order valence-corrected chi connectivity index (χ2v) is 9.63. The van der Waals surface area contributed by atoms with Crippen LogP contribution in [0.25, 0.3) is 0 Å². The number of nitrogens with one attached hydrogen (secondary N) is 1. The topological polar surface area (TPSA) is 38.3 Å². The Labute approximate surface area is 188 Å². The van der Waals surface area contributed by atoms with Gasteiger partial charge >= 0.3 is 0 Å². The number of anilines is 1. The molecule has 0 aliphatic rings. The van der Waals surface area contributed by atoms with Crippen LogP contribution in [0.4, 0.5) is 5.69 Å². The van der Waals surface area contributed by atoms with E-state index in [1.54, 1.807) is 0 Å². The normalized spacial score (nSPS) is 13.0. The highest BCUT2D eigenvalue weighted by Gasteiger charge is 2.29. The summed E-state index contributed by atoms with van der Waals surface area (Å²) in [4.78, 5) is 13.5. The van der Waals surface area contributed by atoms with Crippen molar-refractivity contribution in [1.29, 1.82) is 0 Å². The lowest BCUT2D eigenvalue weighted by Gasteiger charge is -2.31. The zero-order chi connectivity index (χ0) is 22.5. The summed E-state index contributed by atoms with van der Waals surface area (Å²) >= 11 is 5.31. The van der Waals surface area contributed by atoms with Gasteiger partial charge in [-0.3, -0.25) is 4.79 Å². The molecule has 4 heteroatoms. The SMILES string of the molecule is CCC(Oc1ccc(C(C)(C)CC)cc1C(C)(C)CC)C(=O)Nc1ccccc1[S]. The fraction of sp³-hybridized carbons (Fsp3) is 0.500. The smallest absolute Gasteiger partial charge is 0.265 e. The second-order valence-electron chi connectivity index (χ2n) is 9.19. The third-order valence-electron chi connectivity index (χ3n) is 6.34. The molecule has 0 spiro atoms. The van der Waals surface area contributed by atoms with Gasteiger partial charge in [-0.05, 0) is 53.9 Å². The monoisotopic (exact) mass is 426 g/mol. The number of hydrogen-bond donors (Lipinski definition) is 1. The standard InChI is InChI=1S/C26H36NO2S/c1-8-21(24(28)27-20-13-11-12-14-23(20)30)29-22-16-15-18(25(4,5)9-2)17-19(22)26(6,7)10-3/h11-17,21H,8-10H2,1-7H3,(H,27,28). The summed E-state index contributed by atoms with van der Waals surface area (Å²) in [7, 11) is 0. The van der Waals surface area contributed by atoms with Crippen LogP contribution < -0.4 is 10.1 Å². The maximum atomic E-state index is 12.9. The summed E-state index contributed by atoms with van der Waals surface area (Å²) in [6.07, 6.45) is 2.02. The van der Waals surface area contributed by atoms with Crippen LogP contribution in [-0.2, 0) is 15.6 Å². The van der Waals surface area contributed by atoms with Gasteiger partial charge in [-0.2, -0.15) is 0 Å². The molecule has 1 unspecified atom stereocenters. The summed E-state index contributed by atoms with van der Waals surface area (Å²) in [6, 6.07) is 13.8. The molecule has 0 heterocycles. The number of para-hydroxylation sites is 1. The Kier molecular flexibility index (Phi) is 7.93. The Bertz CT molecular complexity index is 873. The Morgan fingerprint density at radius 1 is 1.00 bits per heavy atom. The zero-order valence-electron chi connectivity index (χ0n) is 19.5. The van der Waals surface area contributed by atoms with E-state index in [2.05, 4.69) is 59.0 Å². The number of benzene rings is 2. The van der Waals surface area contributed by atoms with Gasteiger partial charge in [0.2, 0.25) is 0 Å². The lowest BCUT2D eigenvalue weighted by Crippen LogP contribution is -2.33. The summed E-state index contributed by atoms with van der Waals surface area (Å²) in [5.74, 6) is 0.610. The van der Waals surface area contributed by atoms with Crippen LogP contribution in [-0.4, -0.2) is 12.0 Å². The van der Waals surface area contributed by atoms with Crippen LogP contribution in [0, 0.1) is 0 Å². The van der Waals surface area contributed by atoms with Crippen molar-refractivity contribution in [1.82, 2.24) is 0 Å². The molecule has 0 aliphatic carbocycles. The predicted molar refractivity (Wildman–Crippen MR) is 129 cm³/mol. The second kappa shape index (κ2) is 9.82. The Morgan fingerprint density at radius 3 is 2.20 bits per heavy atom. The number of hydrogen-bond acceptors (Lipinski definition) is 2. The number of amides is 1. The third kappa shape index (κ3) is 5.54. The van der Waals surface area contributed by atoms with E-state index in [-0.39, 0.29) is 16.7 Å². The van der Waals surface area contributed by atoms with Crippen molar-refractivity contribution in [2.45, 2.75) is 89.6 Å². The Hall–Kier alpha value is -2.07. The first kappa shape index (κ1) is 24.2. The Balaban J connectivity index is 2.36. The molecule has 2 rings (SSSR count). The van der Waals surface area contributed by atoms with Crippen LogP contribution in [0.1, 0.15) is 78.9 Å². The van der Waals surface area contributed by atoms with E-state index >= 15 is 0 Å². The molecule has 0 bridgehead atoms. The number of rotatable bonds is 9. The van der Waals surface area contributed by atoms with E-state index in [0.29, 0.717) is 17.0 Å². The first-order chi connectivity index (χ1) is 14.1. The molecule has 1 N–H and O–H groups in total. The molecule has 1 amide bonds. The quantitative estimate of drug-likeness (QED) is 0.453. The fourth-order valence-corrected chi connectivity index (χ4v) is 3.43. The maximum Gasteiger partial charge on any atom is 0.265 e. The molecule has 0 saturated heterocycles. The number of carbonyl (C=O) groups excluding carboxylic acids is 1. The molecule has 3 nitrogen and oxygen atoms in total. The van der Waals surface area contributed by atoms with Gasteiger partial charge in [-0.1, -0.05) is 85.4 Å². The van der Waals surface area contributed by atoms with Crippen LogP contribution in [0.3, 0.4) is 0 Å². The van der Waals surface area contributed by atoms with Crippen molar-refractivity contribution in [3.05, 3.63) is 53.6 Å². The van der Waals surface area contributed by atoms with Gasteiger partial charge in [0.05, 0.1) is 10.6 Å². The minimum atomic E-state index is -0.587. The summed E-state index contributed by atoms with van der Waals surface area (Å²) < 4.78 is 6.31. The van der Waals surface area contributed by atoms with Gasteiger partial charge in [0.25, 0.3) is 5.91 Å². The van der Waals surface area contributed by atoms with Crippen molar-refractivity contribution >= 4 is 24.2 Å². The molecule has 0 aromatic heterocycles. The molecular formula is C26H36NO2S. The molecule has 0 fully saturated rings. The minimum absolute atomic E-state index is 0.0584. The average Bonchev–Trinajstić information content (AvgIpc) is 2.73. The van der Waals surface area contributed by atoms with E-state index in [1.807, 2.05) is 37.3 Å². The van der Waals surface area contributed by atoms with E-state index in [9.17, 15) is 4.79 Å². The molecule has 1 atom stereocenters. The fourth-order valence-electron chi connectivity index (χ4n) is 3.24. The van der Waals surface area contributed by atoms with E-state index in [1.165, 1.54) is 5.56 Å². The molecule has 1 radical (unpaired) electrons. The van der Waals surface area contributed by atoms with Crippen LogP contribution in [0.15, 0.2) is 47.4 Å². The highest BCUT2D eigenvalue weighted by molar-refractivity contribution is 7.80. The van der Waals surface area contributed by atoms with Gasteiger partial charge in [0.1, 0.15) is 5.75 Å². The summed E-state index contributed by atoms with van der Waals surface area (Å²) in [5, 5.41) is 2.93. The molecule has 0 saturated carbocycles. The van der Waals surface area contributed by atoms with Crippen molar-refractivity contribution in [2.75, 3.05) is 5.32 Å². The molecule has 0 aliphatic heterocycles. The van der Waals surface area contributed by atoms with Crippen LogP contribution in [0.2, 0.25) is 0 Å². The Morgan fingerprint density at radius 2 is 1.63 bits per heavy atom. The first-order valence-corrected chi connectivity index (χ1v) is 11.3. The van der Waals surface area contributed by atoms with E-state index in [4.69, 9.17) is 17.4 Å². The van der Waals surface area contributed by atoms with Crippen molar-refractivity contribution in [2.24, 2.45) is 0 Å². The largest absolute Gasteiger partial charge is 0.480 e. The summed E-state index contributed by atoms with van der Waals surface area (Å²) in [6.45, 7) is 15.3. The lowest BCUT2D eigenvalue weighted by molar-refractivity contribution is -0.122. The van der Waals surface area contributed by atoms with E-state index < -0.39 is 6.10 Å². The van der Waals surface area contributed by atoms with Crippen molar-refractivity contribution in [3.8, 4) is 5.75 Å². The third-order valence-corrected chi connectivity index (χ3v) is 6.69. The lowest BCUT2D eigenvalue weighted by atomic mass is 9.76. The molecule has 2 aromatic carbocycles. The van der Waals surface area contributed by atoms with Gasteiger partial charge in [-0.25, -0.2) is 0 Å².